The van der Waals surface area contributed by atoms with Crippen LogP contribution in [0.2, 0.25) is 0 Å². The SMILES string of the molecule is CC.COc1cc2c(cc1Br)OCC2. The van der Waals surface area contributed by atoms with Gasteiger partial charge in [0.15, 0.2) is 0 Å². The zero-order valence-corrected chi connectivity index (χ0v) is 10.3. The highest BCUT2D eigenvalue weighted by atomic mass is 79.9. The number of rotatable bonds is 1. The lowest BCUT2D eigenvalue weighted by Crippen LogP contribution is -1.86. The second-order valence-electron chi connectivity index (χ2n) is 2.69. The Morgan fingerprint density at radius 1 is 1.36 bits per heavy atom. The molecule has 2 nitrogen and oxygen atoms in total. The van der Waals surface area contributed by atoms with Gasteiger partial charge in [0.25, 0.3) is 0 Å². The molecule has 0 amide bonds. The number of fused-ring (bicyclic) bond motifs is 1. The third kappa shape index (κ3) is 2.21. The highest BCUT2D eigenvalue weighted by molar-refractivity contribution is 9.10. The van der Waals surface area contributed by atoms with Crippen molar-refractivity contribution in [2.24, 2.45) is 0 Å². The lowest BCUT2D eigenvalue weighted by atomic mass is 10.2. The third-order valence-corrected chi connectivity index (χ3v) is 2.58. The molecule has 3 heteroatoms. The van der Waals surface area contributed by atoms with Gasteiger partial charge in [-0.3, -0.25) is 0 Å². The number of halogens is 1. The summed E-state index contributed by atoms with van der Waals surface area (Å²) in [4.78, 5) is 0. The average molecular weight is 259 g/mol. The van der Waals surface area contributed by atoms with Crippen LogP contribution >= 0.6 is 15.9 Å². The van der Waals surface area contributed by atoms with Gasteiger partial charge in [-0.25, -0.2) is 0 Å². The van der Waals surface area contributed by atoms with Crippen LogP contribution in [0.4, 0.5) is 0 Å². The van der Waals surface area contributed by atoms with Gasteiger partial charge >= 0.3 is 0 Å². The lowest BCUT2D eigenvalue weighted by Gasteiger charge is -2.05. The minimum absolute atomic E-state index is 0.787. The Bertz CT molecular complexity index is 310. The largest absolute Gasteiger partial charge is 0.496 e. The van der Waals surface area contributed by atoms with Gasteiger partial charge in [0, 0.05) is 12.0 Å². The molecule has 1 heterocycles. The fourth-order valence-corrected chi connectivity index (χ4v) is 1.82. The molecular weight excluding hydrogens is 244 g/mol. The highest BCUT2D eigenvalue weighted by Gasteiger charge is 2.14. The maximum atomic E-state index is 5.39. The van der Waals surface area contributed by atoms with E-state index in [-0.39, 0.29) is 0 Å². The molecular formula is C11H15BrO2. The highest BCUT2D eigenvalue weighted by Crippen LogP contribution is 2.35. The molecule has 2 rings (SSSR count). The van der Waals surface area contributed by atoms with E-state index in [1.165, 1.54) is 5.56 Å². The summed E-state index contributed by atoms with van der Waals surface area (Å²) >= 11 is 3.41. The second-order valence-corrected chi connectivity index (χ2v) is 3.55. The van der Waals surface area contributed by atoms with Gasteiger partial charge in [0.2, 0.25) is 0 Å². The fraction of sp³-hybridized carbons (Fsp3) is 0.455. The van der Waals surface area contributed by atoms with E-state index in [4.69, 9.17) is 9.47 Å². The van der Waals surface area contributed by atoms with E-state index in [0.717, 1.165) is 29.0 Å². The summed E-state index contributed by atoms with van der Waals surface area (Å²) in [5.74, 6) is 1.85. The van der Waals surface area contributed by atoms with Crippen LogP contribution in [0.3, 0.4) is 0 Å². The fourth-order valence-electron chi connectivity index (χ4n) is 1.33. The van der Waals surface area contributed by atoms with E-state index in [1.54, 1.807) is 7.11 Å². The van der Waals surface area contributed by atoms with Crippen molar-refractivity contribution in [2.45, 2.75) is 20.3 Å². The van der Waals surface area contributed by atoms with Crippen molar-refractivity contribution >= 4 is 15.9 Å². The molecule has 0 fully saturated rings. The summed E-state index contributed by atoms with van der Waals surface area (Å²) in [5, 5.41) is 0. The maximum absolute atomic E-state index is 5.39. The van der Waals surface area contributed by atoms with Crippen LogP contribution in [0, 0.1) is 0 Å². The van der Waals surface area contributed by atoms with Crippen LogP contribution in [-0.2, 0) is 6.42 Å². The van der Waals surface area contributed by atoms with E-state index in [1.807, 2.05) is 26.0 Å². The quantitative estimate of drug-likeness (QED) is 0.769. The van der Waals surface area contributed by atoms with Crippen molar-refractivity contribution in [3.05, 3.63) is 22.2 Å². The molecule has 0 bridgehead atoms. The van der Waals surface area contributed by atoms with Crippen molar-refractivity contribution in [3.63, 3.8) is 0 Å². The second kappa shape index (κ2) is 5.25. The van der Waals surface area contributed by atoms with E-state index in [9.17, 15) is 0 Å². The number of ether oxygens (including phenoxy) is 2. The Balaban J connectivity index is 0.000000461. The van der Waals surface area contributed by atoms with Crippen molar-refractivity contribution in [2.75, 3.05) is 13.7 Å². The van der Waals surface area contributed by atoms with E-state index >= 15 is 0 Å². The molecule has 0 N–H and O–H groups in total. The summed E-state index contributed by atoms with van der Waals surface area (Å²) in [7, 11) is 1.67. The van der Waals surface area contributed by atoms with E-state index < -0.39 is 0 Å². The molecule has 0 spiro atoms. The summed E-state index contributed by atoms with van der Waals surface area (Å²) in [5.41, 5.74) is 1.23. The zero-order chi connectivity index (χ0) is 10.6. The van der Waals surface area contributed by atoms with Crippen LogP contribution in [0.5, 0.6) is 11.5 Å². The third-order valence-electron chi connectivity index (χ3n) is 1.96. The Hall–Kier alpha value is -0.700. The number of hydrogen-bond acceptors (Lipinski definition) is 2. The van der Waals surface area contributed by atoms with Crippen molar-refractivity contribution in [1.29, 1.82) is 0 Å². The smallest absolute Gasteiger partial charge is 0.133 e. The molecule has 0 atom stereocenters. The molecule has 1 aliphatic heterocycles. The molecule has 0 saturated carbocycles. The van der Waals surface area contributed by atoms with Gasteiger partial charge in [-0.05, 0) is 28.1 Å². The molecule has 0 radical (unpaired) electrons. The predicted octanol–water partition coefficient (Wildman–Crippen LogP) is 3.42. The van der Waals surface area contributed by atoms with E-state index in [0.29, 0.717) is 0 Å². The van der Waals surface area contributed by atoms with Crippen molar-refractivity contribution < 1.29 is 9.47 Å². The predicted molar refractivity (Wildman–Crippen MR) is 61.2 cm³/mol. The van der Waals surface area contributed by atoms with Gasteiger partial charge < -0.3 is 9.47 Å². The molecule has 0 aliphatic carbocycles. The van der Waals surface area contributed by atoms with Crippen LogP contribution in [-0.4, -0.2) is 13.7 Å². The first-order valence-electron chi connectivity index (χ1n) is 4.80. The first-order valence-corrected chi connectivity index (χ1v) is 5.60. The Kier molecular flexibility index (Phi) is 4.26. The minimum Gasteiger partial charge on any atom is -0.496 e. The average Bonchev–Trinajstić information content (AvgIpc) is 2.66. The Morgan fingerprint density at radius 3 is 2.71 bits per heavy atom. The number of hydrogen-bond donors (Lipinski definition) is 0. The van der Waals surface area contributed by atoms with Crippen molar-refractivity contribution in [1.82, 2.24) is 0 Å². The molecule has 1 aromatic rings. The summed E-state index contributed by atoms with van der Waals surface area (Å²) in [6.45, 7) is 4.79. The van der Waals surface area contributed by atoms with Crippen LogP contribution in [0.25, 0.3) is 0 Å². The first kappa shape index (κ1) is 11.4. The normalized spacial score (nSPS) is 12.3. The van der Waals surface area contributed by atoms with Crippen LogP contribution in [0.1, 0.15) is 19.4 Å². The monoisotopic (exact) mass is 258 g/mol. The number of benzene rings is 1. The summed E-state index contributed by atoms with van der Waals surface area (Å²) in [6, 6.07) is 3.98. The van der Waals surface area contributed by atoms with Gasteiger partial charge in [-0.15, -0.1) is 0 Å². The van der Waals surface area contributed by atoms with E-state index in [2.05, 4.69) is 15.9 Å². The molecule has 0 unspecified atom stereocenters. The van der Waals surface area contributed by atoms with Crippen molar-refractivity contribution in [3.8, 4) is 11.5 Å². The molecule has 14 heavy (non-hydrogen) atoms. The molecule has 1 aliphatic rings. The van der Waals surface area contributed by atoms with Crippen LogP contribution in [0.15, 0.2) is 16.6 Å². The molecule has 78 valence electrons. The molecule has 1 aromatic carbocycles. The Morgan fingerprint density at radius 2 is 2.07 bits per heavy atom. The number of methoxy groups -OCH3 is 1. The maximum Gasteiger partial charge on any atom is 0.133 e. The summed E-state index contributed by atoms with van der Waals surface area (Å²) < 4.78 is 11.5. The lowest BCUT2D eigenvalue weighted by molar-refractivity contribution is 0.356. The Labute approximate surface area is 93.4 Å². The molecule has 0 saturated heterocycles. The first-order chi connectivity index (χ1) is 6.81. The standard InChI is InChI=1S/C9H9BrO2.C2H6/c1-11-9-4-6-2-3-12-8(6)5-7(9)10;1-2/h4-5H,2-3H2,1H3;1-2H3. The molecule has 0 aromatic heterocycles. The summed E-state index contributed by atoms with van der Waals surface area (Å²) in [6.07, 6.45) is 0.985. The van der Waals surface area contributed by atoms with Gasteiger partial charge in [-0.2, -0.15) is 0 Å². The van der Waals surface area contributed by atoms with Gasteiger partial charge in [0.1, 0.15) is 11.5 Å². The van der Waals surface area contributed by atoms with Gasteiger partial charge in [-0.1, -0.05) is 13.8 Å². The topological polar surface area (TPSA) is 18.5 Å². The van der Waals surface area contributed by atoms with Crippen LogP contribution < -0.4 is 9.47 Å². The van der Waals surface area contributed by atoms with Gasteiger partial charge in [0.05, 0.1) is 18.2 Å². The minimum atomic E-state index is 0.787. The zero-order valence-electron chi connectivity index (χ0n) is 8.76.